The van der Waals surface area contributed by atoms with Crippen molar-refractivity contribution >= 4 is 35.1 Å². The molecule has 0 saturated carbocycles. The van der Waals surface area contributed by atoms with E-state index < -0.39 is 17.4 Å². The van der Waals surface area contributed by atoms with Gasteiger partial charge >= 0.3 is 11.9 Å². The molecule has 1 unspecified atom stereocenters. The molecule has 2 saturated heterocycles. The Kier molecular flexibility index (Phi) is 15.1. The van der Waals surface area contributed by atoms with Crippen LogP contribution in [0, 0.1) is 23.7 Å². The molecule has 12 nitrogen and oxygen atoms in total. The standard InChI is InChI=1S/C45H50Cl2N4O8/c1-3-56-44(55)45(29-52)14-17-50(28-45)15-8-18-57-39-13-7-11-36(42(39)47)35-10-6-9-33(30(35)2)27-59-41-21-40(58-26-32-19-31(22-48)23-49-24-32)34(20-37(41)46)25-51-16-5-4-12-38(51)43(53)54/h6-7,9-11,13,19-21,23-24,38,52H,3-5,8,12,14-18,25-29H2,1-2H3,(H,53,54)/t38-,45?/m0/s1. The number of carbonyl (C=O) groups excluding carboxylic acids is 1. The first-order valence-corrected chi connectivity index (χ1v) is 20.7. The van der Waals surface area contributed by atoms with Crippen molar-refractivity contribution in [1.82, 2.24) is 14.8 Å². The molecule has 0 spiro atoms. The van der Waals surface area contributed by atoms with Crippen LogP contribution < -0.4 is 14.2 Å². The number of aliphatic hydroxyl groups excluding tert-OH is 1. The van der Waals surface area contributed by atoms with Gasteiger partial charge in [-0.25, -0.2) is 0 Å². The minimum Gasteiger partial charge on any atom is -0.492 e. The third-order valence-corrected chi connectivity index (χ3v) is 11.8. The number of aliphatic hydroxyl groups is 1. The molecule has 312 valence electrons. The molecule has 2 N–H and O–H groups in total. The van der Waals surface area contributed by atoms with Crippen LogP contribution >= 0.6 is 23.2 Å². The number of carboxylic acid groups (broad SMARTS) is 1. The van der Waals surface area contributed by atoms with Crippen LogP contribution in [0.4, 0.5) is 0 Å². The normalized spacial score (nSPS) is 18.3. The van der Waals surface area contributed by atoms with Crippen molar-refractivity contribution in [1.29, 1.82) is 5.26 Å². The third kappa shape index (κ3) is 10.7. The maximum Gasteiger partial charge on any atom is 0.320 e. The van der Waals surface area contributed by atoms with Gasteiger partial charge in [-0.2, -0.15) is 5.26 Å². The Balaban J connectivity index is 1.14. The summed E-state index contributed by atoms with van der Waals surface area (Å²) < 4.78 is 24.0. The lowest BCUT2D eigenvalue weighted by Crippen LogP contribution is -2.44. The largest absolute Gasteiger partial charge is 0.492 e. The number of halogens is 2. The number of nitriles is 1. The van der Waals surface area contributed by atoms with Crippen LogP contribution in [0.15, 0.2) is 67.0 Å². The molecule has 1 aromatic heterocycles. The fraction of sp³-hybridized carbons (Fsp3) is 0.422. The van der Waals surface area contributed by atoms with Gasteiger partial charge in [0.2, 0.25) is 0 Å². The van der Waals surface area contributed by atoms with Crippen LogP contribution in [-0.2, 0) is 34.1 Å². The van der Waals surface area contributed by atoms with E-state index in [2.05, 4.69) is 16.0 Å². The Labute approximate surface area is 355 Å². The minimum absolute atomic E-state index is 0.129. The summed E-state index contributed by atoms with van der Waals surface area (Å²) in [4.78, 5) is 32.8. The van der Waals surface area contributed by atoms with Gasteiger partial charge in [-0.15, -0.1) is 0 Å². The van der Waals surface area contributed by atoms with Gasteiger partial charge in [0.05, 0.1) is 35.4 Å². The number of nitrogens with zero attached hydrogens (tertiary/aromatic N) is 4. The smallest absolute Gasteiger partial charge is 0.320 e. The molecule has 6 rings (SSSR count). The molecule has 0 bridgehead atoms. The lowest BCUT2D eigenvalue weighted by atomic mass is 9.88. The number of likely N-dealkylation sites (tertiary alicyclic amines) is 2. The van der Waals surface area contributed by atoms with Gasteiger partial charge in [-0.05, 0) is 87.5 Å². The maximum absolute atomic E-state index is 12.5. The van der Waals surface area contributed by atoms with Gasteiger partial charge in [0, 0.05) is 54.8 Å². The van der Waals surface area contributed by atoms with Crippen molar-refractivity contribution in [2.45, 2.75) is 71.8 Å². The Bertz CT molecular complexity index is 2160. The first-order valence-electron chi connectivity index (χ1n) is 19.9. The van der Waals surface area contributed by atoms with Crippen molar-refractivity contribution in [3.05, 3.63) is 105 Å². The molecule has 2 fully saturated rings. The van der Waals surface area contributed by atoms with Crippen LogP contribution in [-0.4, -0.2) is 89.0 Å². The van der Waals surface area contributed by atoms with Gasteiger partial charge < -0.3 is 34.1 Å². The van der Waals surface area contributed by atoms with Gasteiger partial charge in [0.1, 0.15) is 48.0 Å². The molecule has 14 heteroatoms. The summed E-state index contributed by atoms with van der Waals surface area (Å²) in [6, 6.07) is 18.4. The summed E-state index contributed by atoms with van der Waals surface area (Å²) in [6.45, 7) is 7.40. The first-order chi connectivity index (χ1) is 28.5. The zero-order valence-electron chi connectivity index (χ0n) is 33.4. The Morgan fingerprint density at radius 2 is 1.76 bits per heavy atom. The number of hydrogen-bond acceptors (Lipinski definition) is 11. The number of aliphatic carboxylic acids is 1. The molecule has 0 amide bonds. The van der Waals surface area contributed by atoms with Gasteiger partial charge in [-0.1, -0.05) is 60.0 Å². The zero-order chi connectivity index (χ0) is 41.9. The number of ether oxygens (including phenoxy) is 4. The summed E-state index contributed by atoms with van der Waals surface area (Å²) >= 11 is 13.8. The fourth-order valence-corrected chi connectivity index (χ4v) is 8.32. The number of esters is 1. The summed E-state index contributed by atoms with van der Waals surface area (Å²) in [5.74, 6) is 0.263. The monoisotopic (exact) mass is 844 g/mol. The first kappa shape index (κ1) is 43.7. The fourth-order valence-electron chi connectivity index (χ4n) is 7.79. The highest BCUT2D eigenvalue weighted by Crippen LogP contribution is 2.39. The van der Waals surface area contributed by atoms with E-state index in [1.807, 2.05) is 48.2 Å². The Hall–Kier alpha value is -4.90. The van der Waals surface area contributed by atoms with E-state index in [0.717, 1.165) is 40.7 Å². The number of carboxylic acids is 1. The molecule has 2 atom stereocenters. The number of piperidine rings is 1. The number of benzene rings is 3. The summed E-state index contributed by atoms with van der Waals surface area (Å²) in [5, 5.41) is 30.1. The van der Waals surface area contributed by atoms with Gasteiger partial charge in [-0.3, -0.25) is 19.5 Å². The molecule has 0 aliphatic carbocycles. The van der Waals surface area contributed by atoms with Crippen molar-refractivity contribution < 1.29 is 38.7 Å². The van der Waals surface area contributed by atoms with E-state index >= 15 is 0 Å². The topological polar surface area (TPSA) is 155 Å². The van der Waals surface area contributed by atoms with Crippen molar-refractivity contribution in [2.75, 3.05) is 46.0 Å². The summed E-state index contributed by atoms with van der Waals surface area (Å²) in [5.41, 5.74) is 4.60. The third-order valence-electron chi connectivity index (χ3n) is 11.1. The molecule has 3 heterocycles. The van der Waals surface area contributed by atoms with E-state index in [1.54, 1.807) is 31.3 Å². The van der Waals surface area contributed by atoms with Crippen LogP contribution in [0.3, 0.4) is 0 Å². The second-order valence-corrected chi connectivity index (χ2v) is 15.9. The lowest BCUT2D eigenvalue weighted by Gasteiger charge is -2.33. The molecule has 4 aromatic rings. The van der Waals surface area contributed by atoms with Crippen molar-refractivity contribution in [3.8, 4) is 34.4 Å². The van der Waals surface area contributed by atoms with E-state index in [-0.39, 0.29) is 32.4 Å². The SMILES string of the molecule is CCOC(=O)C1(CO)CCN(CCCOc2cccc(-c3cccc(COc4cc(OCc5cncc(C#N)c5)c(CN5CCCC[C@H]5C(=O)O)cc4Cl)c3C)c2Cl)C1. The van der Waals surface area contributed by atoms with E-state index in [1.165, 1.54) is 6.20 Å². The number of carbonyl (C=O) groups is 2. The number of aromatic nitrogens is 1. The molecule has 2 aliphatic rings. The van der Waals surface area contributed by atoms with Crippen molar-refractivity contribution in [2.24, 2.45) is 5.41 Å². The average Bonchev–Trinajstić information content (AvgIpc) is 3.68. The number of pyridine rings is 1. The summed E-state index contributed by atoms with van der Waals surface area (Å²) in [6.07, 6.45) is 6.71. The molecule has 2 aliphatic heterocycles. The molecule has 0 radical (unpaired) electrons. The maximum atomic E-state index is 12.5. The number of hydrogen-bond donors (Lipinski definition) is 2. The molecule has 3 aromatic carbocycles. The zero-order valence-corrected chi connectivity index (χ0v) is 34.9. The van der Waals surface area contributed by atoms with Crippen molar-refractivity contribution in [3.63, 3.8) is 0 Å². The summed E-state index contributed by atoms with van der Waals surface area (Å²) in [7, 11) is 0. The Morgan fingerprint density at radius 3 is 2.54 bits per heavy atom. The minimum atomic E-state index is -0.868. The number of rotatable bonds is 18. The highest BCUT2D eigenvalue weighted by Gasteiger charge is 2.45. The van der Waals surface area contributed by atoms with Crippen LogP contribution in [0.1, 0.15) is 66.8 Å². The van der Waals surface area contributed by atoms with E-state index in [4.69, 9.17) is 42.1 Å². The predicted molar refractivity (Wildman–Crippen MR) is 224 cm³/mol. The quantitative estimate of drug-likeness (QED) is 0.0741. The second kappa shape index (κ2) is 20.4. The van der Waals surface area contributed by atoms with Gasteiger partial charge in [0.15, 0.2) is 0 Å². The van der Waals surface area contributed by atoms with Crippen LogP contribution in [0.25, 0.3) is 11.1 Å². The lowest BCUT2D eigenvalue weighted by molar-refractivity contribution is -0.157. The van der Waals surface area contributed by atoms with Gasteiger partial charge in [0.25, 0.3) is 0 Å². The second-order valence-electron chi connectivity index (χ2n) is 15.1. The predicted octanol–water partition coefficient (Wildman–Crippen LogP) is 7.85. The van der Waals surface area contributed by atoms with E-state index in [9.17, 15) is 25.1 Å². The Morgan fingerprint density at radius 1 is 0.966 bits per heavy atom. The highest BCUT2D eigenvalue weighted by molar-refractivity contribution is 6.35. The van der Waals surface area contributed by atoms with Crippen LogP contribution in [0.5, 0.6) is 17.2 Å². The molecule has 59 heavy (non-hydrogen) atoms. The molecular weight excluding hydrogens is 795 g/mol. The highest BCUT2D eigenvalue weighted by atomic mass is 35.5. The van der Waals surface area contributed by atoms with Crippen LogP contribution in [0.2, 0.25) is 10.0 Å². The average molecular weight is 846 g/mol. The van der Waals surface area contributed by atoms with E-state index in [0.29, 0.717) is 97.0 Å². The molecular formula is C45H50Cl2N4O8.